The maximum absolute atomic E-state index is 4.38. The lowest BCUT2D eigenvalue weighted by atomic mass is 10.1. The fraction of sp³-hybridized carbons (Fsp3) is 0.400. The molecule has 1 atom stereocenters. The number of benzene rings is 1. The maximum Gasteiger partial charge on any atom is 0.0638 e. The highest BCUT2D eigenvalue weighted by Gasteiger charge is 2.21. The molecule has 0 fully saturated rings. The molecular formula is C15H19N3. The summed E-state index contributed by atoms with van der Waals surface area (Å²) in [6.45, 7) is 2.97. The Morgan fingerprint density at radius 3 is 3.00 bits per heavy atom. The minimum Gasteiger partial charge on any atom is -0.306 e. The van der Waals surface area contributed by atoms with E-state index in [2.05, 4.69) is 47.8 Å². The third kappa shape index (κ3) is 2.06. The van der Waals surface area contributed by atoms with Crippen LogP contribution >= 0.6 is 0 Å². The Labute approximate surface area is 108 Å². The molecule has 1 aliphatic rings. The van der Waals surface area contributed by atoms with Crippen LogP contribution in [-0.2, 0) is 20.0 Å². The van der Waals surface area contributed by atoms with Gasteiger partial charge in [-0.15, -0.1) is 0 Å². The predicted octanol–water partition coefficient (Wildman–Crippen LogP) is 2.51. The van der Waals surface area contributed by atoms with Crippen molar-refractivity contribution in [3.8, 4) is 0 Å². The van der Waals surface area contributed by atoms with Gasteiger partial charge in [0, 0.05) is 31.4 Å². The quantitative estimate of drug-likeness (QED) is 0.894. The summed E-state index contributed by atoms with van der Waals surface area (Å²) < 4.78 is 1.88. The molecule has 3 heteroatoms. The van der Waals surface area contributed by atoms with E-state index in [-0.39, 0.29) is 0 Å². The van der Waals surface area contributed by atoms with Gasteiger partial charge in [0.1, 0.15) is 0 Å². The second-order valence-electron chi connectivity index (χ2n) is 5.08. The first kappa shape index (κ1) is 11.5. The molecule has 0 saturated heterocycles. The van der Waals surface area contributed by atoms with Crippen LogP contribution in [0.15, 0.2) is 30.5 Å². The first-order chi connectivity index (χ1) is 8.74. The lowest BCUT2D eigenvalue weighted by Gasteiger charge is -2.13. The average Bonchev–Trinajstić information content (AvgIpc) is 2.90. The standard InChI is InChI=1S/C15H19N3/c1-11-13(10-18(2)17-11)9-16-15-8-7-12-5-3-4-6-14(12)15/h3-6,10,15-16H,7-9H2,1-2H3. The summed E-state index contributed by atoms with van der Waals surface area (Å²) in [6, 6.07) is 9.25. The van der Waals surface area contributed by atoms with Crippen LogP contribution in [0, 0.1) is 6.92 Å². The van der Waals surface area contributed by atoms with E-state index < -0.39 is 0 Å². The van der Waals surface area contributed by atoms with Crippen molar-refractivity contribution in [2.75, 3.05) is 0 Å². The number of hydrogen-bond acceptors (Lipinski definition) is 2. The molecule has 3 nitrogen and oxygen atoms in total. The Morgan fingerprint density at radius 2 is 2.22 bits per heavy atom. The van der Waals surface area contributed by atoms with Crippen LogP contribution in [0.3, 0.4) is 0 Å². The second-order valence-corrected chi connectivity index (χ2v) is 5.08. The van der Waals surface area contributed by atoms with Crippen LogP contribution in [0.25, 0.3) is 0 Å². The fourth-order valence-corrected chi connectivity index (χ4v) is 2.82. The van der Waals surface area contributed by atoms with Gasteiger partial charge >= 0.3 is 0 Å². The van der Waals surface area contributed by atoms with Gasteiger partial charge in [-0.3, -0.25) is 4.68 Å². The van der Waals surface area contributed by atoms with Gasteiger partial charge in [0.15, 0.2) is 0 Å². The molecule has 94 valence electrons. The monoisotopic (exact) mass is 241 g/mol. The summed E-state index contributed by atoms with van der Waals surface area (Å²) in [6.07, 6.45) is 4.50. The highest BCUT2D eigenvalue weighted by Crippen LogP contribution is 2.30. The van der Waals surface area contributed by atoms with Crippen molar-refractivity contribution in [3.63, 3.8) is 0 Å². The zero-order chi connectivity index (χ0) is 12.5. The molecule has 18 heavy (non-hydrogen) atoms. The number of rotatable bonds is 3. The zero-order valence-electron chi connectivity index (χ0n) is 11.0. The smallest absolute Gasteiger partial charge is 0.0638 e. The molecule has 1 heterocycles. The minimum absolute atomic E-state index is 0.501. The van der Waals surface area contributed by atoms with E-state index in [4.69, 9.17) is 0 Å². The molecule has 0 bridgehead atoms. The fourth-order valence-electron chi connectivity index (χ4n) is 2.82. The van der Waals surface area contributed by atoms with E-state index in [1.165, 1.54) is 29.5 Å². The molecule has 0 saturated carbocycles. The van der Waals surface area contributed by atoms with Crippen LogP contribution in [-0.4, -0.2) is 9.78 Å². The predicted molar refractivity (Wildman–Crippen MR) is 72.3 cm³/mol. The van der Waals surface area contributed by atoms with Gasteiger partial charge in [0.05, 0.1) is 5.69 Å². The number of nitrogens with zero attached hydrogens (tertiary/aromatic N) is 2. The third-order valence-electron chi connectivity index (χ3n) is 3.79. The van der Waals surface area contributed by atoms with Crippen molar-refractivity contribution >= 4 is 0 Å². The Balaban J connectivity index is 1.70. The summed E-state index contributed by atoms with van der Waals surface area (Å²) in [4.78, 5) is 0. The molecule has 0 spiro atoms. The van der Waals surface area contributed by atoms with Crippen molar-refractivity contribution in [3.05, 3.63) is 52.8 Å². The molecule has 0 radical (unpaired) electrons. The molecule has 0 aliphatic heterocycles. The first-order valence-corrected chi connectivity index (χ1v) is 6.54. The van der Waals surface area contributed by atoms with E-state index in [9.17, 15) is 0 Å². The molecule has 1 unspecified atom stereocenters. The number of nitrogens with one attached hydrogen (secondary N) is 1. The summed E-state index contributed by atoms with van der Waals surface area (Å²) in [7, 11) is 1.97. The van der Waals surface area contributed by atoms with Gasteiger partial charge in [-0.25, -0.2) is 0 Å². The average molecular weight is 241 g/mol. The molecule has 1 aromatic carbocycles. The summed E-state index contributed by atoms with van der Waals surface area (Å²) >= 11 is 0. The van der Waals surface area contributed by atoms with Crippen molar-refractivity contribution in [1.82, 2.24) is 15.1 Å². The zero-order valence-corrected chi connectivity index (χ0v) is 11.0. The van der Waals surface area contributed by atoms with Crippen molar-refractivity contribution in [1.29, 1.82) is 0 Å². The molecule has 3 rings (SSSR count). The summed E-state index contributed by atoms with van der Waals surface area (Å²) in [5.41, 5.74) is 5.38. The first-order valence-electron chi connectivity index (χ1n) is 6.54. The highest BCUT2D eigenvalue weighted by molar-refractivity contribution is 5.34. The van der Waals surface area contributed by atoms with Gasteiger partial charge < -0.3 is 5.32 Å². The number of aryl methyl sites for hydroxylation is 3. The molecular weight excluding hydrogens is 222 g/mol. The van der Waals surface area contributed by atoms with Gasteiger partial charge in [0.2, 0.25) is 0 Å². The van der Waals surface area contributed by atoms with E-state index in [1.807, 2.05) is 11.7 Å². The number of aromatic nitrogens is 2. The van der Waals surface area contributed by atoms with Crippen molar-refractivity contribution in [2.24, 2.45) is 7.05 Å². The lowest BCUT2D eigenvalue weighted by Crippen LogP contribution is -2.18. The van der Waals surface area contributed by atoms with Gasteiger partial charge in [0.25, 0.3) is 0 Å². The maximum atomic E-state index is 4.38. The van der Waals surface area contributed by atoms with Crippen LogP contribution in [0.1, 0.15) is 34.8 Å². The van der Waals surface area contributed by atoms with Crippen molar-refractivity contribution in [2.45, 2.75) is 32.4 Å². The molecule has 1 N–H and O–H groups in total. The van der Waals surface area contributed by atoms with E-state index >= 15 is 0 Å². The lowest BCUT2D eigenvalue weighted by molar-refractivity contribution is 0.529. The Hall–Kier alpha value is -1.61. The topological polar surface area (TPSA) is 29.9 Å². The highest BCUT2D eigenvalue weighted by atomic mass is 15.2. The SMILES string of the molecule is Cc1nn(C)cc1CNC1CCc2ccccc21. The van der Waals surface area contributed by atoms with E-state index in [1.54, 1.807) is 0 Å². The molecule has 0 amide bonds. The van der Waals surface area contributed by atoms with E-state index in [0.29, 0.717) is 6.04 Å². The second kappa shape index (κ2) is 4.58. The Kier molecular flexibility index (Phi) is 2.92. The van der Waals surface area contributed by atoms with Gasteiger partial charge in [-0.05, 0) is 30.9 Å². The summed E-state index contributed by atoms with van der Waals surface area (Å²) in [5, 5.41) is 8.03. The third-order valence-corrected chi connectivity index (χ3v) is 3.79. The molecule has 1 aliphatic carbocycles. The van der Waals surface area contributed by atoms with Gasteiger partial charge in [-0.2, -0.15) is 5.10 Å². The van der Waals surface area contributed by atoms with E-state index in [0.717, 1.165) is 12.2 Å². The van der Waals surface area contributed by atoms with Crippen LogP contribution < -0.4 is 5.32 Å². The molecule has 1 aromatic heterocycles. The normalized spacial score (nSPS) is 18.0. The Morgan fingerprint density at radius 1 is 1.39 bits per heavy atom. The van der Waals surface area contributed by atoms with Crippen molar-refractivity contribution < 1.29 is 0 Å². The number of fused-ring (bicyclic) bond motifs is 1. The molecule has 2 aromatic rings. The van der Waals surface area contributed by atoms with Crippen LogP contribution in [0.2, 0.25) is 0 Å². The number of hydrogen-bond donors (Lipinski definition) is 1. The Bertz CT molecular complexity index is 557. The van der Waals surface area contributed by atoms with Gasteiger partial charge in [-0.1, -0.05) is 24.3 Å². The largest absolute Gasteiger partial charge is 0.306 e. The van der Waals surface area contributed by atoms with Crippen LogP contribution in [0.4, 0.5) is 0 Å². The van der Waals surface area contributed by atoms with Crippen LogP contribution in [0.5, 0.6) is 0 Å². The minimum atomic E-state index is 0.501. The summed E-state index contributed by atoms with van der Waals surface area (Å²) in [5.74, 6) is 0.